The summed E-state index contributed by atoms with van der Waals surface area (Å²) in [5.74, 6) is -1.59. The van der Waals surface area contributed by atoms with Gasteiger partial charge in [0.05, 0.1) is 18.1 Å². The molecule has 1 aromatic carbocycles. The highest BCUT2D eigenvalue weighted by atomic mass is 35.5. The number of hydrogen-bond acceptors (Lipinski definition) is 7. The average molecular weight is 421 g/mol. The minimum atomic E-state index is -0.593. The molecule has 148 valence electrons. The third kappa shape index (κ3) is 4.83. The minimum absolute atomic E-state index is 0.0267. The highest BCUT2D eigenvalue weighted by Crippen LogP contribution is 2.33. The fourth-order valence-corrected chi connectivity index (χ4v) is 3.85. The Labute approximate surface area is 172 Å². The van der Waals surface area contributed by atoms with Gasteiger partial charge in [0.1, 0.15) is 22.6 Å². The number of thiophene rings is 1. The molecular formula is C20H21ClN2O4S. The Balaban J connectivity index is 2.26. The van der Waals surface area contributed by atoms with Crippen molar-refractivity contribution in [2.24, 2.45) is 5.92 Å². The SMILES string of the molecule is CCOC(=O)c1sc(N)c(C#N)c1COC(=O)[C@H](c1ccc(Cl)cc1)C(C)C. The first-order chi connectivity index (χ1) is 13.3. The molecule has 0 bridgehead atoms. The highest BCUT2D eigenvalue weighted by Gasteiger charge is 2.28. The van der Waals surface area contributed by atoms with Crippen LogP contribution in [-0.4, -0.2) is 18.5 Å². The lowest BCUT2D eigenvalue weighted by Crippen LogP contribution is -2.21. The standard InChI is InChI=1S/C20H21ClN2O4S/c1-4-26-20(25)17-15(14(9-22)18(23)28-17)10-27-19(24)16(11(2)3)12-5-7-13(21)8-6-12/h5-8,11,16H,4,10,23H2,1-3H3/t16-/m0/s1. The Bertz CT molecular complexity index is 900. The molecule has 8 heteroatoms. The monoisotopic (exact) mass is 420 g/mol. The van der Waals surface area contributed by atoms with Crippen molar-refractivity contribution in [2.45, 2.75) is 33.3 Å². The summed E-state index contributed by atoms with van der Waals surface area (Å²) in [6, 6.07) is 8.95. The molecule has 0 aliphatic heterocycles. The second kappa shape index (κ2) is 9.58. The van der Waals surface area contributed by atoms with E-state index >= 15 is 0 Å². The van der Waals surface area contributed by atoms with Gasteiger partial charge in [-0.25, -0.2) is 4.79 Å². The first kappa shape index (κ1) is 21.7. The van der Waals surface area contributed by atoms with Crippen LogP contribution in [0.1, 0.15) is 53.1 Å². The van der Waals surface area contributed by atoms with Crippen molar-refractivity contribution < 1.29 is 19.1 Å². The molecule has 28 heavy (non-hydrogen) atoms. The van der Waals surface area contributed by atoms with E-state index < -0.39 is 17.9 Å². The predicted molar refractivity (Wildman–Crippen MR) is 108 cm³/mol. The van der Waals surface area contributed by atoms with Gasteiger partial charge in [-0.2, -0.15) is 5.26 Å². The average Bonchev–Trinajstić information content (AvgIpc) is 2.97. The van der Waals surface area contributed by atoms with Crippen molar-refractivity contribution in [1.29, 1.82) is 5.26 Å². The van der Waals surface area contributed by atoms with Crippen molar-refractivity contribution >= 4 is 39.9 Å². The van der Waals surface area contributed by atoms with Crippen LogP contribution in [0.4, 0.5) is 5.00 Å². The molecule has 1 heterocycles. The number of nitriles is 1. The van der Waals surface area contributed by atoms with E-state index in [1.54, 1.807) is 31.2 Å². The van der Waals surface area contributed by atoms with Crippen LogP contribution in [0.15, 0.2) is 24.3 Å². The second-order valence-corrected chi connectivity index (χ2v) is 7.85. The molecule has 6 nitrogen and oxygen atoms in total. The summed E-state index contributed by atoms with van der Waals surface area (Å²) in [4.78, 5) is 25.1. The smallest absolute Gasteiger partial charge is 0.348 e. The molecule has 0 amide bonds. The Morgan fingerprint density at radius 1 is 1.25 bits per heavy atom. The van der Waals surface area contributed by atoms with Crippen LogP contribution >= 0.6 is 22.9 Å². The lowest BCUT2D eigenvalue weighted by Gasteiger charge is -2.20. The molecule has 0 spiro atoms. The Hall–Kier alpha value is -2.56. The van der Waals surface area contributed by atoms with Crippen molar-refractivity contribution in [1.82, 2.24) is 0 Å². The number of esters is 2. The number of nitrogens with zero attached hydrogens (tertiary/aromatic N) is 1. The zero-order chi connectivity index (χ0) is 20.8. The highest BCUT2D eigenvalue weighted by molar-refractivity contribution is 7.18. The molecule has 0 radical (unpaired) electrons. The van der Waals surface area contributed by atoms with Crippen LogP contribution in [0.2, 0.25) is 5.02 Å². The number of anilines is 1. The number of hydrogen-bond donors (Lipinski definition) is 1. The Kier molecular flexibility index (Phi) is 7.44. The van der Waals surface area contributed by atoms with E-state index in [-0.39, 0.29) is 40.1 Å². The van der Waals surface area contributed by atoms with Gasteiger partial charge in [-0.05, 0) is 30.5 Å². The van der Waals surface area contributed by atoms with Gasteiger partial charge in [0.15, 0.2) is 0 Å². The summed E-state index contributed by atoms with van der Waals surface area (Å²) >= 11 is 6.88. The van der Waals surface area contributed by atoms with E-state index in [4.69, 9.17) is 26.8 Å². The summed E-state index contributed by atoms with van der Waals surface area (Å²) in [6.45, 7) is 5.45. The van der Waals surface area contributed by atoms with Gasteiger partial charge in [0, 0.05) is 10.6 Å². The maximum absolute atomic E-state index is 12.8. The first-order valence-corrected chi connectivity index (χ1v) is 9.90. The van der Waals surface area contributed by atoms with Gasteiger partial charge < -0.3 is 15.2 Å². The summed E-state index contributed by atoms with van der Waals surface area (Å²) in [5.41, 5.74) is 7.03. The quantitative estimate of drug-likeness (QED) is 0.661. The predicted octanol–water partition coefficient (Wildman–Crippen LogP) is 4.52. The van der Waals surface area contributed by atoms with Gasteiger partial charge in [0.25, 0.3) is 0 Å². The number of nitrogens with two attached hydrogens (primary N) is 1. The Morgan fingerprint density at radius 3 is 2.43 bits per heavy atom. The molecule has 2 aromatic rings. The normalized spacial score (nSPS) is 11.7. The molecule has 1 aromatic heterocycles. The van der Waals surface area contributed by atoms with E-state index in [0.29, 0.717) is 5.02 Å². The van der Waals surface area contributed by atoms with Crippen LogP contribution in [-0.2, 0) is 20.9 Å². The number of carbonyl (C=O) groups is 2. The molecule has 0 aliphatic rings. The fraction of sp³-hybridized carbons (Fsp3) is 0.350. The largest absolute Gasteiger partial charge is 0.462 e. The first-order valence-electron chi connectivity index (χ1n) is 8.70. The molecule has 0 aliphatic carbocycles. The molecule has 2 N–H and O–H groups in total. The van der Waals surface area contributed by atoms with Crippen molar-refractivity contribution in [3.05, 3.63) is 50.9 Å². The Morgan fingerprint density at radius 2 is 1.89 bits per heavy atom. The summed E-state index contributed by atoms with van der Waals surface area (Å²) in [7, 11) is 0. The van der Waals surface area contributed by atoms with E-state index in [9.17, 15) is 14.9 Å². The van der Waals surface area contributed by atoms with E-state index in [1.165, 1.54) is 0 Å². The van der Waals surface area contributed by atoms with Crippen LogP contribution < -0.4 is 5.73 Å². The van der Waals surface area contributed by atoms with Crippen LogP contribution in [0.5, 0.6) is 0 Å². The number of halogens is 1. The van der Waals surface area contributed by atoms with Gasteiger partial charge in [-0.1, -0.05) is 37.6 Å². The lowest BCUT2D eigenvalue weighted by atomic mass is 9.88. The molecule has 1 atom stereocenters. The summed E-state index contributed by atoms with van der Waals surface area (Å²) in [6.07, 6.45) is 0. The molecule has 0 unspecified atom stereocenters. The maximum Gasteiger partial charge on any atom is 0.348 e. The number of rotatable bonds is 7. The molecule has 0 fully saturated rings. The van der Waals surface area contributed by atoms with Crippen LogP contribution in [0.25, 0.3) is 0 Å². The van der Waals surface area contributed by atoms with E-state index in [1.807, 2.05) is 19.9 Å². The van der Waals surface area contributed by atoms with Gasteiger partial charge >= 0.3 is 11.9 Å². The zero-order valence-corrected chi connectivity index (χ0v) is 17.4. The number of nitrogen functional groups attached to an aromatic ring is 1. The number of carbonyl (C=O) groups excluding carboxylic acids is 2. The summed E-state index contributed by atoms with van der Waals surface area (Å²) < 4.78 is 10.5. The number of ether oxygens (including phenoxy) is 2. The summed E-state index contributed by atoms with van der Waals surface area (Å²) in [5, 5.41) is 10.1. The van der Waals surface area contributed by atoms with Crippen molar-refractivity contribution in [2.75, 3.05) is 12.3 Å². The maximum atomic E-state index is 12.8. The van der Waals surface area contributed by atoms with Gasteiger partial charge in [-0.15, -0.1) is 11.3 Å². The van der Waals surface area contributed by atoms with Crippen molar-refractivity contribution in [3.63, 3.8) is 0 Å². The molecular weight excluding hydrogens is 400 g/mol. The second-order valence-electron chi connectivity index (χ2n) is 6.36. The van der Waals surface area contributed by atoms with Gasteiger partial charge in [0.2, 0.25) is 0 Å². The van der Waals surface area contributed by atoms with Crippen molar-refractivity contribution in [3.8, 4) is 6.07 Å². The minimum Gasteiger partial charge on any atom is -0.462 e. The zero-order valence-electron chi connectivity index (χ0n) is 15.8. The lowest BCUT2D eigenvalue weighted by molar-refractivity contribution is -0.148. The number of benzene rings is 1. The van der Waals surface area contributed by atoms with Gasteiger partial charge in [-0.3, -0.25) is 4.79 Å². The molecule has 0 saturated heterocycles. The molecule has 2 rings (SSSR count). The van der Waals surface area contributed by atoms with E-state index in [0.717, 1.165) is 16.9 Å². The fourth-order valence-electron chi connectivity index (χ4n) is 2.80. The van der Waals surface area contributed by atoms with Crippen LogP contribution in [0, 0.1) is 17.2 Å². The topological polar surface area (TPSA) is 102 Å². The van der Waals surface area contributed by atoms with E-state index in [2.05, 4.69) is 0 Å². The van der Waals surface area contributed by atoms with Crippen LogP contribution in [0.3, 0.4) is 0 Å². The third-order valence-electron chi connectivity index (χ3n) is 4.12. The third-order valence-corrected chi connectivity index (χ3v) is 5.41. The molecule has 0 saturated carbocycles.